The van der Waals surface area contributed by atoms with E-state index in [1.165, 1.54) is 23.1 Å². The van der Waals surface area contributed by atoms with Crippen LogP contribution in [0.4, 0.5) is 5.13 Å². The van der Waals surface area contributed by atoms with E-state index in [2.05, 4.69) is 15.3 Å². The number of methoxy groups -OCH3 is 2. The number of amides is 1. The van der Waals surface area contributed by atoms with Crippen LogP contribution < -0.4 is 14.8 Å². The van der Waals surface area contributed by atoms with E-state index in [0.717, 1.165) is 11.3 Å². The van der Waals surface area contributed by atoms with Gasteiger partial charge < -0.3 is 9.47 Å². The van der Waals surface area contributed by atoms with Crippen LogP contribution in [0.3, 0.4) is 0 Å². The zero-order valence-corrected chi connectivity index (χ0v) is 16.1. The topological polar surface area (TPSA) is 73.3 Å². The number of hydrogen-bond acceptors (Lipinski definition) is 7. The number of carbonyl (C=O) groups is 1. The first kappa shape index (κ1) is 18.2. The molecule has 0 radical (unpaired) electrons. The normalized spacial score (nSPS) is 10.4. The van der Waals surface area contributed by atoms with E-state index in [0.29, 0.717) is 27.2 Å². The lowest BCUT2D eigenvalue weighted by atomic mass is 10.1. The molecule has 0 saturated heterocycles. The molecule has 3 rings (SSSR count). The zero-order chi connectivity index (χ0) is 18.5. The van der Waals surface area contributed by atoms with E-state index < -0.39 is 0 Å². The molecule has 0 aliphatic rings. The number of ether oxygens (including phenoxy) is 2. The minimum atomic E-state index is -0.231. The van der Waals surface area contributed by atoms with Crippen molar-refractivity contribution in [2.45, 2.75) is 5.03 Å². The number of nitrogens with one attached hydrogen (secondary N) is 1. The molecule has 1 amide bonds. The number of thiazole rings is 1. The van der Waals surface area contributed by atoms with Gasteiger partial charge in [0.15, 0.2) is 5.13 Å². The summed E-state index contributed by atoms with van der Waals surface area (Å²) >= 11 is 2.78. The molecule has 0 aliphatic heterocycles. The van der Waals surface area contributed by atoms with Crippen LogP contribution in [0, 0.1) is 0 Å². The molecule has 0 spiro atoms. The number of thioether (sulfide) groups is 1. The highest BCUT2D eigenvalue weighted by atomic mass is 32.2. The summed E-state index contributed by atoms with van der Waals surface area (Å²) in [5.41, 5.74) is 2.08. The summed E-state index contributed by atoms with van der Waals surface area (Å²) in [6.45, 7) is 0. The SMILES string of the molecule is COc1ccc(-c2csc(NC(=O)c3cccnc3SC)n2)c(OC)c1. The summed E-state index contributed by atoms with van der Waals surface area (Å²) in [6.07, 6.45) is 3.55. The molecule has 26 heavy (non-hydrogen) atoms. The van der Waals surface area contributed by atoms with E-state index in [1.807, 2.05) is 23.8 Å². The van der Waals surface area contributed by atoms with Crippen molar-refractivity contribution >= 4 is 34.1 Å². The number of rotatable bonds is 6. The minimum absolute atomic E-state index is 0.231. The van der Waals surface area contributed by atoms with Gasteiger partial charge in [-0.05, 0) is 30.5 Å². The van der Waals surface area contributed by atoms with Crippen molar-refractivity contribution in [2.75, 3.05) is 25.8 Å². The Bertz CT molecular complexity index is 928. The Kier molecular flexibility index (Phi) is 5.75. The molecular formula is C18H17N3O3S2. The molecule has 2 heterocycles. The Morgan fingerprint density at radius 1 is 1.23 bits per heavy atom. The maximum absolute atomic E-state index is 12.5. The van der Waals surface area contributed by atoms with Crippen LogP contribution >= 0.6 is 23.1 Å². The summed E-state index contributed by atoms with van der Waals surface area (Å²) in [7, 11) is 3.20. The second-order valence-corrected chi connectivity index (χ2v) is 6.77. The lowest BCUT2D eigenvalue weighted by molar-refractivity contribution is 0.102. The van der Waals surface area contributed by atoms with E-state index in [1.54, 1.807) is 38.6 Å². The van der Waals surface area contributed by atoms with Crippen molar-refractivity contribution in [2.24, 2.45) is 0 Å². The van der Waals surface area contributed by atoms with Crippen LogP contribution in [0.5, 0.6) is 11.5 Å². The van der Waals surface area contributed by atoms with E-state index in [9.17, 15) is 4.79 Å². The number of pyridine rings is 1. The number of nitrogens with zero attached hydrogens (tertiary/aromatic N) is 2. The first-order valence-electron chi connectivity index (χ1n) is 7.64. The Morgan fingerprint density at radius 2 is 2.08 bits per heavy atom. The molecular weight excluding hydrogens is 370 g/mol. The fraction of sp³-hybridized carbons (Fsp3) is 0.167. The quantitative estimate of drug-likeness (QED) is 0.639. The molecule has 0 saturated carbocycles. The van der Waals surface area contributed by atoms with Gasteiger partial charge in [-0.1, -0.05) is 0 Å². The molecule has 134 valence electrons. The molecule has 1 N–H and O–H groups in total. The van der Waals surface area contributed by atoms with Crippen molar-refractivity contribution in [3.8, 4) is 22.8 Å². The largest absolute Gasteiger partial charge is 0.497 e. The smallest absolute Gasteiger partial charge is 0.260 e. The highest BCUT2D eigenvalue weighted by Gasteiger charge is 2.15. The standard InChI is InChI=1S/C18H17N3O3S2/c1-23-11-6-7-12(15(9-11)24-2)14-10-26-18(20-14)21-16(22)13-5-4-8-19-17(13)25-3/h4-10H,1-3H3,(H,20,21,22). The molecule has 6 nitrogen and oxygen atoms in total. The monoisotopic (exact) mass is 387 g/mol. The second-order valence-electron chi connectivity index (χ2n) is 5.12. The number of hydrogen-bond donors (Lipinski definition) is 1. The predicted octanol–water partition coefficient (Wildman–Crippen LogP) is 4.20. The molecule has 1 aromatic carbocycles. The van der Waals surface area contributed by atoms with Gasteiger partial charge in [-0.15, -0.1) is 23.1 Å². The van der Waals surface area contributed by atoms with Crippen molar-refractivity contribution in [1.29, 1.82) is 0 Å². The maximum Gasteiger partial charge on any atom is 0.260 e. The molecule has 2 aromatic heterocycles. The van der Waals surface area contributed by atoms with Gasteiger partial charge in [0.05, 0.1) is 25.5 Å². The van der Waals surface area contributed by atoms with Crippen molar-refractivity contribution < 1.29 is 14.3 Å². The van der Waals surface area contributed by atoms with Gasteiger partial charge in [-0.25, -0.2) is 9.97 Å². The second kappa shape index (κ2) is 8.20. The van der Waals surface area contributed by atoms with Crippen LogP contribution in [-0.4, -0.2) is 36.4 Å². The molecule has 0 atom stereocenters. The Hall–Kier alpha value is -2.58. The van der Waals surface area contributed by atoms with Crippen LogP contribution in [-0.2, 0) is 0 Å². The molecule has 0 bridgehead atoms. The van der Waals surface area contributed by atoms with Gasteiger partial charge in [0.2, 0.25) is 0 Å². The minimum Gasteiger partial charge on any atom is -0.497 e. The van der Waals surface area contributed by atoms with Gasteiger partial charge in [-0.3, -0.25) is 10.1 Å². The zero-order valence-electron chi connectivity index (χ0n) is 14.5. The fourth-order valence-corrected chi connectivity index (χ4v) is 3.61. The number of anilines is 1. The lowest BCUT2D eigenvalue weighted by Crippen LogP contribution is -2.13. The van der Waals surface area contributed by atoms with Gasteiger partial charge in [-0.2, -0.15) is 0 Å². The average Bonchev–Trinajstić information content (AvgIpc) is 3.15. The van der Waals surface area contributed by atoms with E-state index >= 15 is 0 Å². The predicted molar refractivity (Wildman–Crippen MR) is 105 cm³/mol. The third-order valence-corrected chi connectivity index (χ3v) is 5.09. The summed E-state index contributed by atoms with van der Waals surface area (Å²) in [5, 5.41) is 5.90. The Balaban J connectivity index is 1.83. The van der Waals surface area contributed by atoms with Gasteiger partial charge in [0.25, 0.3) is 5.91 Å². The summed E-state index contributed by atoms with van der Waals surface area (Å²) < 4.78 is 10.6. The average molecular weight is 387 g/mol. The number of benzene rings is 1. The molecule has 0 fully saturated rings. The van der Waals surface area contributed by atoms with Gasteiger partial charge in [0.1, 0.15) is 16.5 Å². The van der Waals surface area contributed by atoms with Crippen molar-refractivity contribution in [3.63, 3.8) is 0 Å². The molecule has 0 aliphatic carbocycles. The maximum atomic E-state index is 12.5. The summed E-state index contributed by atoms with van der Waals surface area (Å²) in [5.74, 6) is 1.13. The molecule has 3 aromatic rings. The molecule has 0 unspecified atom stereocenters. The Labute approximate surface area is 159 Å². The van der Waals surface area contributed by atoms with Crippen LogP contribution in [0.25, 0.3) is 11.3 Å². The molecule has 8 heteroatoms. The lowest BCUT2D eigenvalue weighted by Gasteiger charge is -2.08. The van der Waals surface area contributed by atoms with Gasteiger partial charge >= 0.3 is 0 Å². The van der Waals surface area contributed by atoms with Gasteiger partial charge in [0, 0.05) is 23.2 Å². The number of carbonyl (C=O) groups excluding carboxylic acids is 1. The van der Waals surface area contributed by atoms with Crippen LogP contribution in [0.1, 0.15) is 10.4 Å². The first-order chi connectivity index (χ1) is 12.7. The van der Waals surface area contributed by atoms with Crippen LogP contribution in [0.15, 0.2) is 46.9 Å². The summed E-state index contributed by atoms with van der Waals surface area (Å²) in [6, 6.07) is 9.01. The highest BCUT2D eigenvalue weighted by molar-refractivity contribution is 7.98. The van der Waals surface area contributed by atoms with E-state index in [4.69, 9.17) is 9.47 Å². The van der Waals surface area contributed by atoms with Crippen molar-refractivity contribution in [1.82, 2.24) is 9.97 Å². The van der Waals surface area contributed by atoms with Crippen LogP contribution in [0.2, 0.25) is 0 Å². The third kappa shape index (κ3) is 3.81. The fourth-order valence-electron chi connectivity index (χ4n) is 2.36. The Morgan fingerprint density at radius 3 is 2.81 bits per heavy atom. The van der Waals surface area contributed by atoms with E-state index in [-0.39, 0.29) is 5.91 Å². The third-order valence-electron chi connectivity index (χ3n) is 3.62. The van der Waals surface area contributed by atoms with Crippen molar-refractivity contribution in [3.05, 3.63) is 47.5 Å². The number of aromatic nitrogens is 2. The highest BCUT2D eigenvalue weighted by Crippen LogP contribution is 2.35. The first-order valence-corrected chi connectivity index (χ1v) is 9.75. The summed E-state index contributed by atoms with van der Waals surface area (Å²) in [4.78, 5) is 21.2.